The monoisotopic (exact) mass is 602 g/mol. The standard InChI is InChI=1S/C38H18S4/c1-3-29-31-13-22-10-20-6-8-40-34(20)16-26(22)18-36(31)42-38(29)28-2-4-30-32-14-23-11-21-9-19-5-7-39-33(19)15-24(21)12-25(23)17-35(32)41-37(30)27(1)28/h1-18H. The second-order valence-corrected chi connectivity index (χ2v) is 15.4. The van der Waals surface area contributed by atoms with Crippen molar-refractivity contribution in [3.8, 4) is 0 Å². The summed E-state index contributed by atoms with van der Waals surface area (Å²) in [5.41, 5.74) is 0. The lowest BCUT2D eigenvalue weighted by Crippen LogP contribution is -1.78. The van der Waals surface area contributed by atoms with Gasteiger partial charge in [-0.1, -0.05) is 24.3 Å². The topological polar surface area (TPSA) is 0 Å². The van der Waals surface area contributed by atoms with Crippen LogP contribution in [0.3, 0.4) is 0 Å². The molecule has 0 fully saturated rings. The quantitative estimate of drug-likeness (QED) is 0.151. The zero-order chi connectivity index (χ0) is 27.1. The van der Waals surface area contributed by atoms with Gasteiger partial charge >= 0.3 is 0 Å². The Hall–Kier alpha value is -4.06. The largest absolute Gasteiger partial charge is 0.144 e. The van der Waals surface area contributed by atoms with Crippen LogP contribution in [0.5, 0.6) is 0 Å². The van der Waals surface area contributed by atoms with E-state index in [1.807, 2.05) is 45.3 Å². The molecule has 0 radical (unpaired) electrons. The van der Waals surface area contributed by atoms with Crippen molar-refractivity contribution < 1.29 is 0 Å². The van der Waals surface area contributed by atoms with Gasteiger partial charge in [0.15, 0.2) is 0 Å². The molecular weight excluding hydrogens is 585 g/mol. The molecule has 0 unspecified atom stereocenters. The van der Waals surface area contributed by atoms with Gasteiger partial charge in [-0.15, -0.1) is 45.3 Å². The predicted octanol–water partition coefficient (Wildman–Crippen LogP) is 13.5. The van der Waals surface area contributed by atoms with Gasteiger partial charge in [-0.3, -0.25) is 0 Å². The molecule has 0 bridgehead atoms. The van der Waals surface area contributed by atoms with E-state index >= 15 is 0 Å². The van der Waals surface area contributed by atoms with Crippen molar-refractivity contribution >= 4 is 149 Å². The van der Waals surface area contributed by atoms with Crippen LogP contribution in [-0.2, 0) is 0 Å². The smallest absolute Gasteiger partial charge is 0.0434 e. The van der Waals surface area contributed by atoms with Crippen molar-refractivity contribution in [1.29, 1.82) is 0 Å². The van der Waals surface area contributed by atoms with E-state index in [9.17, 15) is 0 Å². The lowest BCUT2D eigenvalue weighted by molar-refractivity contribution is 1.90. The van der Waals surface area contributed by atoms with Crippen LogP contribution in [0.1, 0.15) is 0 Å². The molecule has 0 aliphatic carbocycles. The summed E-state index contributed by atoms with van der Waals surface area (Å²) in [7, 11) is 0. The molecular formula is C38H18S4. The Balaban J connectivity index is 1.17. The van der Waals surface area contributed by atoms with Gasteiger partial charge in [0.25, 0.3) is 0 Å². The minimum absolute atomic E-state index is 1.32. The van der Waals surface area contributed by atoms with Crippen molar-refractivity contribution in [1.82, 2.24) is 0 Å². The van der Waals surface area contributed by atoms with E-state index in [0.29, 0.717) is 0 Å². The lowest BCUT2D eigenvalue weighted by Gasteiger charge is -2.04. The van der Waals surface area contributed by atoms with E-state index in [2.05, 4.69) is 108 Å². The first-order valence-corrected chi connectivity index (χ1v) is 17.4. The van der Waals surface area contributed by atoms with Crippen LogP contribution in [-0.4, -0.2) is 0 Å². The summed E-state index contributed by atoms with van der Waals surface area (Å²) in [6.45, 7) is 0. The zero-order valence-electron chi connectivity index (χ0n) is 22.0. The van der Waals surface area contributed by atoms with Gasteiger partial charge in [0.2, 0.25) is 0 Å². The van der Waals surface area contributed by atoms with Crippen LogP contribution in [0.4, 0.5) is 0 Å². The molecule has 0 nitrogen and oxygen atoms in total. The maximum absolute atomic E-state index is 2.42. The molecule has 0 aliphatic heterocycles. The molecule has 0 atom stereocenters. The third kappa shape index (κ3) is 2.95. The third-order valence-electron chi connectivity index (χ3n) is 9.08. The Morgan fingerprint density at radius 2 is 0.643 bits per heavy atom. The molecule has 0 amide bonds. The highest BCUT2D eigenvalue weighted by Crippen LogP contribution is 2.46. The van der Waals surface area contributed by atoms with Gasteiger partial charge in [0, 0.05) is 60.5 Å². The van der Waals surface area contributed by atoms with Gasteiger partial charge in [0.05, 0.1) is 0 Å². The van der Waals surface area contributed by atoms with E-state index in [-0.39, 0.29) is 0 Å². The van der Waals surface area contributed by atoms with E-state index in [1.54, 1.807) is 0 Å². The molecule has 0 saturated carbocycles. The van der Waals surface area contributed by atoms with E-state index in [0.717, 1.165) is 0 Å². The third-order valence-corrected chi connectivity index (χ3v) is 13.2. The molecule has 7 aromatic carbocycles. The van der Waals surface area contributed by atoms with Crippen LogP contribution in [0, 0.1) is 0 Å². The highest BCUT2D eigenvalue weighted by atomic mass is 32.1. The molecule has 0 spiro atoms. The average molecular weight is 603 g/mol. The fourth-order valence-corrected chi connectivity index (χ4v) is 11.2. The Morgan fingerprint density at radius 3 is 1.14 bits per heavy atom. The Labute approximate surface area is 255 Å². The van der Waals surface area contributed by atoms with E-state index < -0.39 is 0 Å². The number of hydrogen-bond acceptors (Lipinski definition) is 4. The summed E-state index contributed by atoms with van der Waals surface area (Å²) in [5.74, 6) is 0. The van der Waals surface area contributed by atoms with Crippen LogP contribution < -0.4 is 0 Å². The number of benzene rings is 7. The SMILES string of the molecule is c1cc2cc3cc4cc5c(cc4cc3cc2s1)sc1c5ccc2c1ccc1c3cc4cc5ccsc5cc4cc3sc12. The van der Waals surface area contributed by atoms with Gasteiger partial charge < -0.3 is 0 Å². The summed E-state index contributed by atoms with van der Waals surface area (Å²) in [6, 6.07) is 37.7. The maximum atomic E-state index is 2.42. The second kappa shape index (κ2) is 7.85. The Morgan fingerprint density at radius 1 is 0.286 bits per heavy atom. The normalized spacial score (nSPS) is 12.8. The molecule has 4 heterocycles. The van der Waals surface area contributed by atoms with Gasteiger partial charge in [-0.05, 0) is 127 Å². The minimum atomic E-state index is 1.32. The van der Waals surface area contributed by atoms with Gasteiger partial charge in [-0.25, -0.2) is 0 Å². The van der Waals surface area contributed by atoms with Crippen molar-refractivity contribution in [2.24, 2.45) is 0 Å². The molecule has 194 valence electrons. The lowest BCUT2D eigenvalue weighted by atomic mass is 9.99. The fourth-order valence-electron chi connectivity index (χ4n) is 7.03. The molecule has 42 heavy (non-hydrogen) atoms. The summed E-state index contributed by atoms with van der Waals surface area (Å²) in [4.78, 5) is 0. The number of thiophene rings is 4. The molecule has 0 N–H and O–H groups in total. The molecule has 11 aromatic rings. The maximum Gasteiger partial charge on any atom is 0.0434 e. The van der Waals surface area contributed by atoms with Crippen molar-refractivity contribution in [3.63, 3.8) is 0 Å². The molecule has 0 saturated heterocycles. The van der Waals surface area contributed by atoms with Crippen molar-refractivity contribution in [2.75, 3.05) is 0 Å². The Bertz CT molecular complexity index is 2930. The van der Waals surface area contributed by atoms with Crippen LogP contribution in [0.25, 0.3) is 104 Å². The zero-order valence-corrected chi connectivity index (χ0v) is 25.3. The van der Waals surface area contributed by atoms with E-state index in [4.69, 9.17) is 0 Å². The van der Waals surface area contributed by atoms with Crippen LogP contribution in [0.15, 0.2) is 108 Å². The van der Waals surface area contributed by atoms with Gasteiger partial charge in [0.1, 0.15) is 0 Å². The molecule has 0 aliphatic rings. The van der Waals surface area contributed by atoms with Crippen LogP contribution in [0.2, 0.25) is 0 Å². The average Bonchev–Trinajstić information content (AvgIpc) is 3.79. The van der Waals surface area contributed by atoms with Crippen molar-refractivity contribution in [2.45, 2.75) is 0 Å². The number of hydrogen-bond donors (Lipinski definition) is 0. The summed E-state index contributed by atoms with van der Waals surface area (Å²) >= 11 is 7.53. The second-order valence-electron chi connectivity index (χ2n) is 11.4. The summed E-state index contributed by atoms with van der Waals surface area (Å²) < 4.78 is 8.25. The fraction of sp³-hybridized carbons (Fsp3) is 0. The molecule has 4 heteroatoms. The highest BCUT2D eigenvalue weighted by molar-refractivity contribution is 7.28. The first-order chi connectivity index (χ1) is 20.7. The van der Waals surface area contributed by atoms with Crippen molar-refractivity contribution in [3.05, 3.63) is 108 Å². The highest BCUT2D eigenvalue weighted by Gasteiger charge is 2.15. The number of rotatable bonds is 0. The minimum Gasteiger partial charge on any atom is -0.144 e. The first-order valence-electron chi connectivity index (χ1n) is 14.0. The molecule has 4 aromatic heterocycles. The van der Waals surface area contributed by atoms with Gasteiger partial charge in [-0.2, -0.15) is 0 Å². The Kier molecular flexibility index (Phi) is 4.21. The van der Waals surface area contributed by atoms with E-state index in [1.165, 1.54) is 104 Å². The number of fused-ring (bicyclic) bond motifs is 14. The first kappa shape index (κ1) is 22.5. The summed E-state index contributed by atoms with van der Waals surface area (Å²) in [5, 5.41) is 23.2. The predicted molar refractivity (Wildman–Crippen MR) is 193 cm³/mol. The summed E-state index contributed by atoms with van der Waals surface area (Å²) in [6.07, 6.45) is 0. The van der Waals surface area contributed by atoms with Crippen LogP contribution >= 0.6 is 45.3 Å². The molecule has 11 rings (SSSR count).